The van der Waals surface area contributed by atoms with Gasteiger partial charge in [0.1, 0.15) is 11.6 Å². The third-order valence-corrected chi connectivity index (χ3v) is 6.17. The van der Waals surface area contributed by atoms with Gasteiger partial charge >= 0.3 is 6.18 Å². The SMILES string of the molecule is CC1(C)C(=O)N(c2ccc(C#N)c(C(F)(F)F)c2)C(=S)N1C1=CC(F)C(OC2CNC2)C=C1. The zero-order chi connectivity index (χ0) is 24.1. The van der Waals surface area contributed by atoms with Crippen molar-refractivity contribution in [2.24, 2.45) is 0 Å². The van der Waals surface area contributed by atoms with E-state index >= 15 is 0 Å². The highest BCUT2D eigenvalue weighted by Crippen LogP contribution is 2.40. The second-order valence-electron chi connectivity index (χ2n) is 8.43. The Morgan fingerprint density at radius 1 is 1.30 bits per heavy atom. The number of nitriles is 1. The highest BCUT2D eigenvalue weighted by Gasteiger charge is 2.51. The molecule has 2 heterocycles. The molecule has 2 fully saturated rings. The lowest BCUT2D eigenvalue weighted by Gasteiger charge is -2.35. The van der Waals surface area contributed by atoms with Gasteiger partial charge in [-0.2, -0.15) is 18.4 Å². The number of halogens is 4. The second-order valence-corrected chi connectivity index (χ2v) is 8.80. The monoisotopic (exact) mass is 480 g/mol. The van der Waals surface area contributed by atoms with Gasteiger partial charge in [0.15, 0.2) is 11.3 Å². The van der Waals surface area contributed by atoms with E-state index in [1.807, 2.05) is 0 Å². The number of hydrogen-bond acceptors (Lipinski definition) is 5. The van der Waals surface area contributed by atoms with Gasteiger partial charge in [-0.25, -0.2) is 4.39 Å². The number of nitrogens with one attached hydrogen (secondary N) is 1. The van der Waals surface area contributed by atoms with Gasteiger partial charge in [-0.15, -0.1) is 0 Å². The van der Waals surface area contributed by atoms with E-state index < -0.39 is 41.0 Å². The van der Waals surface area contributed by atoms with Gasteiger partial charge in [-0.05, 0) is 56.4 Å². The van der Waals surface area contributed by atoms with E-state index in [0.717, 1.165) is 17.0 Å². The highest BCUT2D eigenvalue weighted by atomic mass is 32.1. The van der Waals surface area contributed by atoms with Crippen LogP contribution in [0.15, 0.2) is 42.1 Å². The van der Waals surface area contributed by atoms with Crippen molar-refractivity contribution in [1.82, 2.24) is 10.2 Å². The minimum Gasteiger partial charge on any atom is -0.365 e. The van der Waals surface area contributed by atoms with E-state index in [-0.39, 0.29) is 16.9 Å². The number of benzene rings is 1. The Morgan fingerprint density at radius 3 is 2.55 bits per heavy atom. The van der Waals surface area contributed by atoms with Gasteiger partial charge in [0.2, 0.25) is 0 Å². The van der Waals surface area contributed by atoms with Crippen LogP contribution in [0.25, 0.3) is 0 Å². The largest absolute Gasteiger partial charge is 0.417 e. The number of rotatable bonds is 4. The summed E-state index contributed by atoms with van der Waals surface area (Å²) in [5, 5.41) is 12.0. The van der Waals surface area contributed by atoms with Crippen molar-refractivity contribution >= 4 is 28.9 Å². The van der Waals surface area contributed by atoms with E-state index in [0.29, 0.717) is 18.8 Å². The van der Waals surface area contributed by atoms with Crippen LogP contribution in [0.3, 0.4) is 0 Å². The summed E-state index contributed by atoms with van der Waals surface area (Å²) in [6.45, 7) is 4.40. The van der Waals surface area contributed by atoms with Crippen molar-refractivity contribution in [2.45, 2.75) is 43.9 Å². The highest BCUT2D eigenvalue weighted by molar-refractivity contribution is 7.80. The number of allylic oxidation sites excluding steroid dienone is 1. The summed E-state index contributed by atoms with van der Waals surface area (Å²) in [6, 6.07) is 4.46. The fraction of sp³-hybridized carbons (Fsp3) is 0.409. The molecule has 1 aromatic rings. The number of thiocarbonyl (C=S) groups is 1. The predicted molar refractivity (Wildman–Crippen MR) is 116 cm³/mol. The summed E-state index contributed by atoms with van der Waals surface area (Å²) in [6.07, 6.45) is -2.69. The molecule has 11 heteroatoms. The van der Waals surface area contributed by atoms with Gasteiger partial charge in [-0.1, -0.05) is 6.08 Å². The normalized spacial score (nSPS) is 25.2. The molecule has 3 aliphatic rings. The zero-order valence-electron chi connectivity index (χ0n) is 17.7. The summed E-state index contributed by atoms with van der Waals surface area (Å²) in [4.78, 5) is 15.6. The summed E-state index contributed by atoms with van der Waals surface area (Å²) < 4.78 is 60.8. The number of ether oxygens (including phenoxy) is 1. The molecule has 0 saturated carbocycles. The average Bonchev–Trinajstić information content (AvgIpc) is 2.88. The summed E-state index contributed by atoms with van der Waals surface area (Å²) in [5.41, 5.74) is -2.83. The first kappa shape index (κ1) is 23.4. The molecule has 2 aliphatic heterocycles. The molecule has 4 rings (SSSR count). The molecule has 2 unspecified atom stereocenters. The first-order valence-electron chi connectivity index (χ1n) is 10.2. The molecule has 1 aromatic carbocycles. The van der Waals surface area contributed by atoms with E-state index in [4.69, 9.17) is 22.2 Å². The first-order valence-corrected chi connectivity index (χ1v) is 10.6. The molecule has 1 aliphatic carbocycles. The molecule has 174 valence electrons. The summed E-state index contributed by atoms with van der Waals surface area (Å²) in [5.74, 6) is -0.575. The van der Waals surface area contributed by atoms with Crippen LogP contribution in [0, 0.1) is 11.3 Å². The molecule has 0 radical (unpaired) electrons. The molecule has 1 amide bonds. The number of amides is 1. The lowest BCUT2D eigenvalue weighted by molar-refractivity contribution is -0.137. The quantitative estimate of drug-likeness (QED) is 0.526. The van der Waals surface area contributed by atoms with E-state index in [1.54, 1.807) is 26.0 Å². The minimum atomic E-state index is -4.79. The number of carbonyl (C=O) groups is 1. The van der Waals surface area contributed by atoms with E-state index in [2.05, 4.69) is 5.32 Å². The van der Waals surface area contributed by atoms with Gasteiger partial charge in [0.25, 0.3) is 5.91 Å². The van der Waals surface area contributed by atoms with E-state index in [1.165, 1.54) is 23.1 Å². The lowest BCUT2D eigenvalue weighted by Crippen LogP contribution is -2.51. The van der Waals surface area contributed by atoms with Crippen molar-refractivity contribution in [1.29, 1.82) is 5.26 Å². The number of anilines is 1. The first-order chi connectivity index (χ1) is 15.4. The topological polar surface area (TPSA) is 68.6 Å². The van der Waals surface area contributed by atoms with Gasteiger partial charge in [-0.3, -0.25) is 9.69 Å². The minimum absolute atomic E-state index is 0.0755. The van der Waals surface area contributed by atoms with Gasteiger partial charge < -0.3 is 15.0 Å². The maximum Gasteiger partial charge on any atom is 0.417 e. The molecule has 6 nitrogen and oxygen atoms in total. The molecule has 33 heavy (non-hydrogen) atoms. The van der Waals surface area contributed by atoms with Crippen LogP contribution in [0.5, 0.6) is 0 Å². The maximum absolute atomic E-state index is 14.8. The average molecular weight is 480 g/mol. The fourth-order valence-corrected chi connectivity index (χ4v) is 4.44. The van der Waals surface area contributed by atoms with Gasteiger partial charge in [0, 0.05) is 18.8 Å². The number of nitrogens with zero attached hydrogens (tertiary/aromatic N) is 3. The molecule has 2 atom stereocenters. The Hall–Kier alpha value is -2.81. The van der Waals surface area contributed by atoms with Crippen molar-refractivity contribution < 1.29 is 27.1 Å². The number of hydrogen-bond donors (Lipinski definition) is 1. The zero-order valence-corrected chi connectivity index (χ0v) is 18.5. The Balaban J connectivity index is 1.65. The van der Waals surface area contributed by atoms with Gasteiger partial charge in [0.05, 0.1) is 29.0 Å². The number of carbonyl (C=O) groups excluding carboxylic acids is 1. The summed E-state index contributed by atoms with van der Waals surface area (Å²) >= 11 is 5.46. The van der Waals surface area contributed by atoms with Crippen molar-refractivity contribution in [3.05, 3.63) is 53.3 Å². The van der Waals surface area contributed by atoms with Crippen molar-refractivity contribution in [3.63, 3.8) is 0 Å². The molecule has 2 saturated heterocycles. The van der Waals surface area contributed by atoms with Crippen molar-refractivity contribution in [3.8, 4) is 6.07 Å². The third kappa shape index (κ3) is 4.03. The molecule has 0 aromatic heterocycles. The van der Waals surface area contributed by atoms with Crippen LogP contribution in [0.2, 0.25) is 0 Å². The fourth-order valence-electron chi connectivity index (χ4n) is 3.92. The predicted octanol–water partition coefficient (Wildman–Crippen LogP) is 3.44. The van der Waals surface area contributed by atoms with Crippen LogP contribution in [0.4, 0.5) is 23.2 Å². The summed E-state index contributed by atoms with van der Waals surface area (Å²) in [7, 11) is 0. The Morgan fingerprint density at radius 2 is 2.00 bits per heavy atom. The van der Waals surface area contributed by atoms with Crippen LogP contribution in [0.1, 0.15) is 25.0 Å². The molecule has 0 bridgehead atoms. The third-order valence-electron chi connectivity index (χ3n) is 5.81. The standard InChI is InChI=1S/C22H20F4N4O2S/c1-21(2)19(31)29(13-4-3-12(9-27)16(7-13)22(24,25)26)20(33)30(21)14-5-6-18(17(23)8-14)32-15-10-28-11-15/h3-8,15,17-18,28H,10-11H2,1-2H3. The van der Waals surface area contributed by atoms with Crippen LogP contribution in [-0.4, -0.2) is 52.9 Å². The Bertz CT molecular complexity index is 1100. The molecule has 1 N–H and O–H groups in total. The smallest absolute Gasteiger partial charge is 0.365 e. The van der Waals surface area contributed by atoms with E-state index in [9.17, 15) is 22.4 Å². The molecular formula is C22H20F4N4O2S. The molecular weight excluding hydrogens is 460 g/mol. The van der Waals surface area contributed by atoms with Crippen LogP contribution >= 0.6 is 12.2 Å². The Labute approximate surface area is 193 Å². The molecule has 0 spiro atoms. The van der Waals surface area contributed by atoms with Crippen LogP contribution in [-0.2, 0) is 15.7 Å². The Kier molecular flexibility index (Phi) is 5.80. The second kappa shape index (κ2) is 8.20. The van der Waals surface area contributed by atoms with Crippen molar-refractivity contribution in [2.75, 3.05) is 18.0 Å². The lowest BCUT2D eigenvalue weighted by atomic mass is 9.99. The maximum atomic E-state index is 14.8. The van der Waals surface area contributed by atoms with Crippen LogP contribution < -0.4 is 10.2 Å². The number of alkyl halides is 4.